The number of benzene rings is 2. The van der Waals surface area contributed by atoms with E-state index in [-0.39, 0.29) is 5.97 Å². The summed E-state index contributed by atoms with van der Waals surface area (Å²) in [5, 5.41) is 0. The molecule has 2 aromatic rings. The summed E-state index contributed by atoms with van der Waals surface area (Å²) in [6.45, 7) is 1.04. The molecule has 1 fully saturated rings. The molecule has 0 saturated carbocycles. The average Bonchev–Trinajstić information content (AvgIpc) is 2.93. The molecular weight excluding hydrogens is 264 g/mol. The predicted octanol–water partition coefficient (Wildman–Crippen LogP) is 3.60. The molecule has 0 atom stereocenters. The highest BCUT2D eigenvalue weighted by molar-refractivity contribution is 5.95. The molecule has 1 aliphatic rings. The molecule has 0 aromatic heterocycles. The predicted molar refractivity (Wildman–Crippen MR) is 80.8 cm³/mol. The number of hydrogen-bond acceptors (Lipinski definition) is 3. The zero-order chi connectivity index (χ0) is 14.5. The van der Waals surface area contributed by atoms with Crippen LogP contribution >= 0.6 is 0 Å². The van der Waals surface area contributed by atoms with Gasteiger partial charge >= 0.3 is 5.97 Å². The van der Waals surface area contributed by atoms with E-state index in [1.54, 1.807) is 0 Å². The maximum Gasteiger partial charge on any atom is 0.334 e. The molecule has 0 bridgehead atoms. The summed E-state index contributed by atoms with van der Waals surface area (Å²) in [5.74, 6) is 0.606. The maximum absolute atomic E-state index is 11.4. The minimum absolute atomic E-state index is 0.209. The topological polar surface area (TPSA) is 35.5 Å². The molecule has 3 rings (SSSR count). The van der Waals surface area contributed by atoms with Crippen molar-refractivity contribution in [1.29, 1.82) is 0 Å². The van der Waals surface area contributed by atoms with Crippen molar-refractivity contribution in [3.8, 4) is 5.75 Å². The number of cyclic esters (lactones) is 1. The summed E-state index contributed by atoms with van der Waals surface area (Å²) < 4.78 is 10.6. The van der Waals surface area contributed by atoms with Crippen molar-refractivity contribution in [2.45, 2.75) is 13.0 Å². The van der Waals surface area contributed by atoms with Gasteiger partial charge in [0.1, 0.15) is 12.4 Å². The summed E-state index contributed by atoms with van der Waals surface area (Å²) in [7, 11) is 0. The van der Waals surface area contributed by atoms with Crippen LogP contribution in [-0.4, -0.2) is 12.6 Å². The van der Waals surface area contributed by atoms with Gasteiger partial charge in [0, 0.05) is 12.0 Å². The first-order chi connectivity index (χ1) is 10.3. The Hall–Kier alpha value is -2.55. The van der Waals surface area contributed by atoms with E-state index in [2.05, 4.69) is 0 Å². The number of rotatable bonds is 4. The first kappa shape index (κ1) is 13.4. The highest BCUT2D eigenvalue weighted by Crippen LogP contribution is 2.20. The number of hydrogen-bond donors (Lipinski definition) is 0. The first-order valence-corrected chi connectivity index (χ1v) is 6.96. The number of carbonyl (C=O) groups excluding carboxylic acids is 1. The van der Waals surface area contributed by atoms with E-state index < -0.39 is 0 Å². The molecule has 21 heavy (non-hydrogen) atoms. The van der Waals surface area contributed by atoms with Crippen LogP contribution in [0.15, 0.2) is 60.2 Å². The van der Waals surface area contributed by atoms with Crippen LogP contribution in [0.3, 0.4) is 0 Å². The number of esters is 1. The van der Waals surface area contributed by atoms with Crippen LogP contribution < -0.4 is 4.74 Å². The van der Waals surface area contributed by atoms with Crippen molar-refractivity contribution in [3.63, 3.8) is 0 Å². The van der Waals surface area contributed by atoms with Crippen molar-refractivity contribution in [3.05, 3.63) is 71.3 Å². The van der Waals surface area contributed by atoms with Gasteiger partial charge in [0.05, 0.1) is 6.61 Å². The first-order valence-electron chi connectivity index (χ1n) is 6.96. The lowest BCUT2D eigenvalue weighted by molar-refractivity contribution is -0.134. The second kappa shape index (κ2) is 6.27. The molecule has 3 heteroatoms. The zero-order valence-corrected chi connectivity index (χ0v) is 11.6. The minimum atomic E-state index is -0.209. The largest absolute Gasteiger partial charge is 0.489 e. The maximum atomic E-state index is 11.4. The Kier molecular flexibility index (Phi) is 4.01. The highest BCUT2D eigenvalue weighted by atomic mass is 16.5. The zero-order valence-electron chi connectivity index (χ0n) is 11.6. The third kappa shape index (κ3) is 3.51. The Morgan fingerprint density at radius 2 is 1.81 bits per heavy atom. The summed E-state index contributed by atoms with van der Waals surface area (Å²) in [6.07, 6.45) is 2.56. The Bertz CT molecular complexity index is 642. The molecule has 106 valence electrons. The van der Waals surface area contributed by atoms with Crippen molar-refractivity contribution in [2.75, 3.05) is 6.61 Å². The van der Waals surface area contributed by atoms with E-state index in [4.69, 9.17) is 9.47 Å². The molecular formula is C18H16O3. The normalized spacial score (nSPS) is 16.0. The van der Waals surface area contributed by atoms with Gasteiger partial charge in [-0.05, 0) is 29.3 Å². The Labute approximate surface area is 123 Å². The van der Waals surface area contributed by atoms with Crippen LogP contribution in [0.4, 0.5) is 0 Å². The van der Waals surface area contributed by atoms with Crippen LogP contribution in [-0.2, 0) is 16.1 Å². The number of ether oxygens (including phenoxy) is 2. The quantitative estimate of drug-likeness (QED) is 0.634. The Morgan fingerprint density at radius 3 is 2.48 bits per heavy atom. The molecule has 2 aromatic carbocycles. The van der Waals surface area contributed by atoms with Gasteiger partial charge in [-0.15, -0.1) is 0 Å². The van der Waals surface area contributed by atoms with Crippen LogP contribution in [0.1, 0.15) is 17.5 Å². The SMILES string of the molecule is O=C1OCC/C1=C\c1ccc(OCc2ccccc2)cc1. The Balaban J connectivity index is 1.63. The Morgan fingerprint density at radius 1 is 1.05 bits per heavy atom. The molecule has 1 aliphatic heterocycles. The molecule has 0 aliphatic carbocycles. The van der Waals surface area contributed by atoms with Crippen molar-refractivity contribution >= 4 is 12.0 Å². The second-order valence-electron chi connectivity index (χ2n) is 4.90. The van der Waals surface area contributed by atoms with E-state index >= 15 is 0 Å². The lowest BCUT2D eigenvalue weighted by Gasteiger charge is -2.06. The molecule has 0 spiro atoms. The highest BCUT2D eigenvalue weighted by Gasteiger charge is 2.17. The fourth-order valence-electron chi connectivity index (χ4n) is 2.18. The average molecular weight is 280 g/mol. The van der Waals surface area contributed by atoms with Crippen LogP contribution in [0.2, 0.25) is 0 Å². The molecule has 0 amide bonds. The second-order valence-corrected chi connectivity index (χ2v) is 4.90. The monoisotopic (exact) mass is 280 g/mol. The third-order valence-corrected chi connectivity index (χ3v) is 3.34. The fourth-order valence-corrected chi connectivity index (χ4v) is 2.18. The van der Waals surface area contributed by atoms with Gasteiger partial charge in [-0.1, -0.05) is 42.5 Å². The van der Waals surface area contributed by atoms with E-state index in [1.165, 1.54) is 0 Å². The van der Waals surface area contributed by atoms with Gasteiger partial charge < -0.3 is 9.47 Å². The van der Waals surface area contributed by atoms with E-state index in [1.807, 2.05) is 60.7 Å². The van der Waals surface area contributed by atoms with Crippen molar-refractivity contribution in [1.82, 2.24) is 0 Å². The molecule has 3 nitrogen and oxygen atoms in total. The van der Waals surface area contributed by atoms with Gasteiger partial charge in [-0.25, -0.2) is 4.79 Å². The number of carbonyl (C=O) groups is 1. The van der Waals surface area contributed by atoms with Crippen molar-refractivity contribution < 1.29 is 14.3 Å². The lowest BCUT2D eigenvalue weighted by Crippen LogP contribution is -1.95. The molecule has 0 N–H and O–H groups in total. The van der Waals surface area contributed by atoms with Gasteiger partial charge in [-0.3, -0.25) is 0 Å². The minimum Gasteiger partial charge on any atom is -0.489 e. The fraction of sp³-hybridized carbons (Fsp3) is 0.167. The van der Waals surface area contributed by atoms with Crippen molar-refractivity contribution in [2.24, 2.45) is 0 Å². The molecule has 1 heterocycles. The summed E-state index contributed by atoms with van der Waals surface area (Å²) in [5.41, 5.74) is 2.85. The van der Waals surface area contributed by atoms with E-state index in [0.717, 1.165) is 22.4 Å². The molecule has 0 unspecified atom stereocenters. The summed E-state index contributed by atoms with van der Waals surface area (Å²) >= 11 is 0. The van der Waals surface area contributed by atoms with Gasteiger partial charge in [0.2, 0.25) is 0 Å². The van der Waals surface area contributed by atoms with E-state index in [0.29, 0.717) is 19.6 Å². The smallest absolute Gasteiger partial charge is 0.334 e. The molecule has 0 radical (unpaired) electrons. The van der Waals surface area contributed by atoms with Crippen LogP contribution in [0.25, 0.3) is 6.08 Å². The third-order valence-electron chi connectivity index (χ3n) is 3.34. The van der Waals surface area contributed by atoms with E-state index in [9.17, 15) is 4.79 Å². The standard InChI is InChI=1S/C18H16O3/c19-18-16(10-11-20-18)12-14-6-8-17(9-7-14)21-13-15-4-2-1-3-5-15/h1-9,12H,10-11,13H2/b16-12+. The van der Waals surface area contributed by atoms with Gasteiger partial charge in [-0.2, -0.15) is 0 Å². The van der Waals surface area contributed by atoms with Crippen LogP contribution in [0.5, 0.6) is 5.75 Å². The van der Waals surface area contributed by atoms with Crippen LogP contribution in [0, 0.1) is 0 Å². The summed E-state index contributed by atoms with van der Waals surface area (Å²) in [6, 6.07) is 17.8. The summed E-state index contributed by atoms with van der Waals surface area (Å²) in [4.78, 5) is 11.4. The van der Waals surface area contributed by atoms with Gasteiger partial charge in [0.25, 0.3) is 0 Å². The molecule has 1 saturated heterocycles. The van der Waals surface area contributed by atoms with Gasteiger partial charge in [0.15, 0.2) is 0 Å². The lowest BCUT2D eigenvalue weighted by atomic mass is 10.1.